The number of benzene rings is 2. The molecule has 2 aromatic rings. The molecule has 0 radical (unpaired) electrons. The zero-order chi connectivity index (χ0) is 16.8. The summed E-state index contributed by atoms with van der Waals surface area (Å²) < 4.78 is 0. The Hall–Kier alpha value is -1.94. The van der Waals surface area contributed by atoms with Crippen molar-refractivity contribution in [3.05, 3.63) is 83.9 Å². The summed E-state index contributed by atoms with van der Waals surface area (Å²) in [6, 6.07) is 20.1. The van der Waals surface area contributed by atoms with Crippen LogP contribution in [-0.2, 0) is 0 Å². The summed E-state index contributed by atoms with van der Waals surface area (Å²) in [4.78, 5) is 2.31. The molecule has 0 saturated heterocycles. The summed E-state index contributed by atoms with van der Waals surface area (Å²) >= 11 is 0. The van der Waals surface area contributed by atoms with Crippen LogP contribution in [0.15, 0.2) is 72.8 Å². The van der Waals surface area contributed by atoms with E-state index in [1.807, 2.05) is 48.5 Å². The predicted octanol–water partition coefficient (Wildman–Crippen LogP) is 3.47. The Kier molecular flexibility index (Phi) is 5.81. The van der Waals surface area contributed by atoms with E-state index in [9.17, 15) is 10.2 Å². The lowest BCUT2D eigenvalue weighted by molar-refractivity contribution is 0.0532. The highest BCUT2D eigenvalue weighted by molar-refractivity contribution is 5.21. The van der Waals surface area contributed by atoms with Gasteiger partial charge in [0, 0.05) is 12.6 Å². The zero-order valence-electron chi connectivity index (χ0n) is 13.8. The molecule has 126 valence electrons. The molecule has 0 spiro atoms. The van der Waals surface area contributed by atoms with Gasteiger partial charge in [0.2, 0.25) is 0 Å². The fourth-order valence-corrected chi connectivity index (χ4v) is 3.49. The molecule has 1 aliphatic rings. The fourth-order valence-electron chi connectivity index (χ4n) is 3.49. The molecule has 3 atom stereocenters. The van der Waals surface area contributed by atoms with Gasteiger partial charge in [-0.3, -0.25) is 4.90 Å². The van der Waals surface area contributed by atoms with E-state index >= 15 is 0 Å². The zero-order valence-corrected chi connectivity index (χ0v) is 13.8. The van der Waals surface area contributed by atoms with Crippen LogP contribution in [0.2, 0.25) is 0 Å². The first-order valence-corrected chi connectivity index (χ1v) is 8.59. The maximum atomic E-state index is 10.6. The predicted molar refractivity (Wildman–Crippen MR) is 96.5 cm³/mol. The van der Waals surface area contributed by atoms with Crippen molar-refractivity contribution in [3.63, 3.8) is 0 Å². The molecule has 3 nitrogen and oxygen atoms in total. The quantitative estimate of drug-likeness (QED) is 0.800. The van der Waals surface area contributed by atoms with E-state index in [0.717, 1.165) is 24.1 Å². The van der Waals surface area contributed by atoms with Gasteiger partial charge in [0.05, 0.1) is 18.8 Å². The molecule has 2 aromatic carbocycles. The van der Waals surface area contributed by atoms with Crippen LogP contribution in [0.5, 0.6) is 0 Å². The van der Waals surface area contributed by atoms with E-state index in [1.165, 1.54) is 0 Å². The fraction of sp³-hybridized carbons (Fsp3) is 0.333. The summed E-state index contributed by atoms with van der Waals surface area (Å²) in [5, 5.41) is 20.6. The summed E-state index contributed by atoms with van der Waals surface area (Å²) in [7, 11) is 0. The molecule has 3 heteroatoms. The summed E-state index contributed by atoms with van der Waals surface area (Å²) in [6.45, 7) is 0.877. The van der Waals surface area contributed by atoms with Gasteiger partial charge in [-0.05, 0) is 24.0 Å². The van der Waals surface area contributed by atoms with Crippen LogP contribution in [-0.4, -0.2) is 34.3 Å². The molecular weight excluding hydrogens is 298 g/mol. The van der Waals surface area contributed by atoms with Gasteiger partial charge in [-0.2, -0.15) is 0 Å². The van der Waals surface area contributed by atoms with Gasteiger partial charge in [0.1, 0.15) is 0 Å². The highest BCUT2D eigenvalue weighted by Crippen LogP contribution is 2.31. The van der Waals surface area contributed by atoms with Crippen LogP contribution in [0.3, 0.4) is 0 Å². The number of hydrogen-bond acceptors (Lipinski definition) is 3. The van der Waals surface area contributed by atoms with Crippen molar-refractivity contribution in [1.29, 1.82) is 0 Å². The SMILES string of the molecule is OC[C@H](c1ccccc1)N1CC=CC[C@H]1C[C@@H](O)c1ccccc1. The highest BCUT2D eigenvalue weighted by atomic mass is 16.3. The number of hydrogen-bond donors (Lipinski definition) is 2. The molecule has 0 aliphatic carbocycles. The van der Waals surface area contributed by atoms with Crippen LogP contribution in [0.25, 0.3) is 0 Å². The summed E-state index contributed by atoms with van der Waals surface area (Å²) in [6.07, 6.45) is 5.40. The van der Waals surface area contributed by atoms with Crippen molar-refractivity contribution in [2.24, 2.45) is 0 Å². The van der Waals surface area contributed by atoms with Crippen LogP contribution in [0.4, 0.5) is 0 Å². The smallest absolute Gasteiger partial charge is 0.0805 e. The first-order valence-electron chi connectivity index (χ1n) is 8.59. The van der Waals surface area contributed by atoms with Crippen molar-refractivity contribution in [2.75, 3.05) is 13.2 Å². The molecular formula is C21H25NO2. The molecule has 2 N–H and O–H groups in total. The van der Waals surface area contributed by atoms with Crippen LogP contribution >= 0.6 is 0 Å². The molecule has 1 heterocycles. The largest absolute Gasteiger partial charge is 0.394 e. The molecule has 3 rings (SSSR count). The summed E-state index contributed by atoms with van der Waals surface area (Å²) in [5.41, 5.74) is 2.07. The lowest BCUT2D eigenvalue weighted by Crippen LogP contribution is -2.42. The number of nitrogens with zero attached hydrogens (tertiary/aromatic N) is 1. The van der Waals surface area contributed by atoms with E-state index in [0.29, 0.717) is 6.42 Å². The topological polar surface area (TPSA) is 43.7 Å². The minimum absolute atomic E-state index is 0.0378. The van der Waals surface area contributed by atoms with E-state index in [-0.39, 0.29) is 18.7 Å². The Morgan fingerprint density at radius 3 is 2.17 bits per heavy atom. The van der Waals surface area contributed by atoms with Crippen molar-refractivity contribution < 1.29 is 10.2 Å². The Morgan fingerprint density at radius 1 is 0.917 bits per heavy atom. The molecule has 0 amide bonds. The van der Waals surface area contributed by atoms with E-state index in [2.05, 4.69) is 29.2 Å². The normalized spacial score (nSPS) is 20.7. The van der Waals surface area contributed by atoms with Crippen molar-refractivity contribution in [2.45, 2.75) is 31.0 Å². The maximum Gasteiger partial charge on any atom is 0.0805 e. The Bertz CT molecular complexity index is 641. The van der Waals surface area contributed by atoms with Gasteiger partial charge in [0.25, 0.3) is 0 Å². The molecule has 0 aromatic heterocycles. The average Bonchev–Trinajstić information content (AvgIpc) is 2.65. The minimum atomic E-state index is -0.486. The molecule has 0 unspecified atom stereocenters. The van der Waals surface area contributed by atoms with Gasteiger partial charge in [-0.1, -0.05) is 72.8 Å². The van der Waals surface area contributed by atoms with Crippen molar-refractivity contribution in [3.8, 4) is 0 Å². The van der Waals surface area contributed by atoms with Crippen molar-refractivity contribution >= 4 is 0 Å². The molecule has 24 heavy (non-hydrogen) atoms. The lowest BCUT2D eigenvalue weighted by atomic mass is 9.94. The monoisotopic (exact) mass is 323 g/mol. The third-order valence-electron chi connectivity index (χ3n) is 4.80. The molecule has 0 saturated carbocycles. The van der Waals surface area contributed by atoms with E-state index in [4.69, 9.17) is 0 Å². The third kappa shape index (κ3) is 3.93. The second kappa shape index (κ2) is 8.25. The summed E-state index contributed by atoms with van der Waals surface area (Å²) in [5.74, 6) is 0. The molecule has 1 aliphatic heterocycles. The average molecular weight is 323 g/mol. The minimum Gasteiger partial charge on any atom is -0.394 e. The standard InChI is InChI=1S/C21H25NO2/c23-16-20(17-9-3-1-4-10-17)22-14-8-7-13-19(22)15-21(24)18-11-5-2-6-12-18/h1-12,19-21,23-24H,13-16H2/t19-,20+,21+/m0/s1. The highest BCUT2D eigenvalue weighted by Gasteiger charge is 2.29. The number of aliphatic hydroxyl groups is 2. The lowest BCUT2D eigenvalue weighted by Gasteiger charge is -2.39. The van der Waals surface area contributed by atoms with Crippen LogP contribution in [0, 0.1) is 0 Å². The van der Waals surface area contributed by atoms with Gasteiger partial charge in [0.15, 0.2) is 0 Å². The second-order valence-corrected chi connectivity index (χ2v) is 6.33. The van der Waals surface area contributed by atoms with Crippen molar-refractivity contribution in [1.82, 2.24) is 4.90 Å². The second-order valence-electron chi connectivity index (χ2n) is 6.33. The van der Waals surface area contributed by atoms with Gasteiger partial charge >= 0.3 is 0 Å². The maximum absolute atomic E-state index is 10.6. The Balaban J connectivity index is 1.77. The molecule has 0 fully saturated rings. The van der Waals surface area contributed by atoms with Crippen LogP contribution in [0.1, 0.15) is 36.1 Å². The number of rotatable bonds is 6. The first-order chi connectivity index (χ1) is 11.8. The van der Waals surface area contributed by atoms with E-state index in [1.54, 1.807) is 0 Å². The van der Waals surface area contributed by atoms with Crippen LogP contribution < -0.4 is 0 Å². The third-order valence-corrected chi connectivity index (χ3v) is 4.80. The Labute approximate surface area is 143 Å². The van der Waals surface area contributed by atoms with E-state index < -0.39 is 6.10 Å². The molecule has 0 bridgehead atoms. The Morgan fingerprint density at radius 2 is 1.54 bits per heavy atom. The number of aliphatic hydroxyl groups excluding tert-OH is 2. The van der Waals surface area contributed by atoms with Gasteiger partial charge in [-0.15, -0.1) is 0 Å². The first kappa shape index (κ1) is 16.9. The van der Waals surface area contributed by atoms with Gasteiger partial charge in [-0.25, -0.2) is 0 Å². The van der Waals surface area contributed by atoms with Gasteiger partial charge < -0.3 is 10.2 Å².